The summed E-state index contributed by atoms with van der Waals surface area (Å²) in [4.78, 5) is 162. The Bertz CT molecular complexity index is 5430. The van der Waals surface area contributed by atoms with Crippen LogP contribution in [0.3, 0.4) is 0 Å². The highest BCUT2D eigenvalue weighted by Crippen LogP contribution is 2.50. The van der Waals surface area contributed by atoms with Crippen LogP contribution < -0.4 is 84.4 Å². The maximum atomic E-state index is 16.3. The molecule has 0 saturated carbocycles. The first-order valence-corrected chi connectivity index (χ1v) is 40.2. The van der Waals surface area contributed by atoms with Crippen molar-refractivity contribution < 1.29 is 127 Å². The van der Waals surface area contributed by atoms with Crippen molar-refractivity contribution >= 4 is 112 Å². The van der Waals surface area contributed by atoms with Gasteiger partial charge < -0.3 is 134 Å². The molecule has 24 N–H and O–H groups in total. The lowest BCUT2D eigenvalue weighted by molar-refractivity contribution is -0.334. The number of aliphatic hydroxyl groups excluding tert-OH is 6. The zero-order valence-electron chi connectivity index (χ0n) is 67.3. The molecule has 11 bridgehead atoms. The molecule has 668 valence electrons. The van der Waals surface area contributed by atoms with Crippen LogP contribution >= 0.6 is 34.8 Å². The van der Waals surface area contributed by atoms with Crippen molar-refractivity contribution in [3.63, 3.8) is 0 Å². The number of fused-ring (bicyclic) bond motifs is 15. The second-order valence-electron chi connectivity index (χ2n) is 30.9. The molecule has 7 aromatic rings. The first-order valence-electron chi connectivity index (χ1n) is 39.1. The lowest BCUT2D eigenvalue weighted by Crippen LogP contribution is -2.65. The standard InChI is InChI=1S/C83H89Cl3N14O26/c1-33(2)18-48(89-5)74(113)97-64-66(107)38-10-15-52(46(85)21-38)122-54-23-40-24-55(70(54)126-82-71(69(110)68(109)56(32-101)124-82)125-59-28-83(4,72(111)34(3)121-59)91-30-36-19-42(31-90-29-36)92-58(106)17-8-35-6-12-41(84)13-7-35)123-53-16-11-39(22-47(53)86)67(108)65-79(118)96-63(80(119)99-100-81(120)73(88)112)45-25-43(102)26-51(104)60(45)44-20-37(9-14-50(44)103)61(76(115)98-65)95-77(116)62(40)94-75(114)49(27-57(87)105)93-78(64)117/h6-17,19-26,29,31,33-34,48-49,56,59,61-69,71-72,82,89,91,101-104,107-111H,18,27-28,30,32H2,1-5H3,(H2,87,105)(H2,88,112)(H,92,106)(H,93,117)(H,94,114)(H,95,116)(H,96,118)(H,97,113)(H,98,115)(H,99,119)(H,100,120)/b17-8+/t34-,48+,49-,56+,59-,61+,62+,63+,64+,65-,66+,67+,68+,69-,71+,72+,82-,83-/m0/s1. The molecule has 7 aliphatic heterocycles. The average molecular weight is 1810 g/mol. The van der Waals surface area contributed by atoms with E-state index in [1.54, 1.807) is 62.6 Å². The smallest absolute Gasteiger partial charge is 0.327 e. The van der Waals surface area contributed by atoms with E-state index in [0.717, 1.165) is 66.7 Å². The largest absolute Gasteiger partial charge is 0.508 e. The average Bonchev–Trinajstić information content (AvgIpc) is 0.765. The number of rotatable bonds is 19. The highest BCUT2D eigenvalue weighted by molar-refractivity contribution is 6.34. The van der Waals surface area contributed by atoms with E-state index in [1.807, 2.05) is 5.43 Å². The Balaban J connectivity index is 1.02. The molecular weight excluding hydrogens is 1720 g/mol. The van der Waals surface area contributed by atoms with Gasteiger partial charge in [-0.15, -0.1) is 0 Å². The number of hydrogen-bond acceptors (Lipinski definition) is 29. The van der Waals surface area contributed by atoms with Gasteiger partial charge in [0, 0.05) is 53.0 Å². The maximum Gasteiger partial charge on any atom is 0.327 e. The molecule has 2 saturated heterocycles. The van der Waals surface area contributed by atoms with Crippen LogP contribution in [0.1, 0.15) is 116 Å². The third kappa shape index (κ3) is 21.2. The normalized spacial score (nSPS) is 25.8. The molecule has 11 amide bonds. The van der Waals surface area contributed by atoms with E-state index < -0.39 is 271 Å². The van der Waals surface area contributed by atoms with E-state index in [4.69, 9.17) is 74.7 Å². The number of benzene rings is 6. The number of halogens is 3. The number of primary amides is 2. The van der Waals surface area contributed by atoms with E-state index >= 15 is 24.0 Å². The summed E-state index contributed by atoms with van der Waals surface area (Å²) in [6.45, 7) is 5.71. The second-order valence-corrected chi connectivity index (χ2v) is 32.2. The number of pyridine rings is 1. The second kappa shape index (κ2) is 39.4. The van der Waals surface area contributed by atoms with E-state index in [9.17, 15) is 74.7 Å². The summed E-state index contributed by atoms with van der Waals surface area (Å²) in [6.07, 6.45) is -13.8. The van der Waals surface area contributed by atoms with E-state index in [1.165, 1.54) is 44.6 Å². The van der Waals surface area contributed by atoms with Crippen molar-refractivity contribution in [2.75, 3.05) is 19.0 Å². The minimum absolute atomic E-state index is 0.00839. The van der Waals surface area contributed by atoms with Gasteiger partial charge in [-0.05, 0) is 151 Å². The van der Waals surface area contributed by atoms with Gasteiger partial charge in [0.25, 0.3) is 5.91 Å². The first kappa shape index (κ1) is 92.8. The summed E-state index contributed by atoms with van der Waals surface area (Å²) in [6, 6.07) is 6.83. The summed E-state index contributed by atoms with van der Waals surface area (Å²) in [7, 11) is 1.46. The quantitative estimate of drug-likeness (QED) is 0.0307. The maximum absolute atomic E-state index is 16.3. The lowest BCUT2D eigenvalue weighted by Gasteiger charge is -2.48. The molecule has 40 nitrogen and oxygen atoms in total. The highest BCUT2D eigenvalue weighted by Gasteiger charge is 2.52. The molecule has 18 atom stereocenters. The number of carbonyl (C=O) groups is 11. The van der Waals surface area contributed by atoms with Crippen LogP contribution in [-0.4, -0.2) is 208 Å². The molecule has 0 radical (unpaired) electrons. The number of likely N-dealkylation sites (N-methyl/N-ethyl adjacent to an activating group) is 1. The third-order valence-corrected chi connectivity index (χ3v) is 22.2. The van der Waals surface area contributed by atoms with Crippen LogP contribution in [0.5, 0.6) is 46.0 Å². The van der Waals surface area contributed by atoms with Crippen LogP contribution in [0.25, 0.3) is 17.2 Å². The molecule has 0 spiro atoms. The molecule has 8 heterocycles. The number of ether oxygens (including phenoxy) is 6. The fourth-order valence-electron chi connectivity index (χ4n) is 14.8. The fourth-order valence-corrected chi connectivity index (χ4v) is 15.4. The zero-order valence-corrected chi connectivity index (χ0v) is 69.6. The summed E-state index contributed by atoms with van der Waals surface area (Å²) in [5.41, 5.74) is 11.4. The molecule has 43 heteroatoms. The first-order chi connectivity index (χ1) is 59.8. The molecule has 0 unspecified atom stereocenters. The van der Waals surface area contributed by atoms with Crippen molar-refractivity contribution in [3.05, 3.63) is 182 Å². The van der Waals surface area contributed by atoms with E-state index in [0.29, 0.717) is 21.8 Å². The number of phenolic OH excluding ortho intramolecular Hbond substituents is 3. The SMILES string of the molecule is CN[C@H](CC(C)C)C(=O)N[C@H]1C(=O)N[C@@H](CC(N)=O)C(=O)N[C@H]2C(=O)N[C@H]3C(=O)N[C@H](C(=O)N[C@@H](C(=O)NNC(=O)C(N)=O)c4cc(O)cc(O)c4-c4cc3ccc4O)[C@H](O)c3ccc(c(Cl)c3)Oc3cc2cc(c3O[C@@H]2O[C@H](CO)[C@@H](O)[C@H](O)[C@H]2O[C@H]2C[C@](C)(NCc3cncc(NC(=O)/C=C/c4ccc(Cl)cc4)c3)[C@H](O)[C@H](C)O2)Oc2ccc(cc2Cl)[C@H]1O. The minimum Gasteiger partial charge on any atom is -0.508 e. The monoisotopic (exact) mass is 1800 g/mol. The Kier molecular flexibility index (Phi) is 29.0. The molecule has 6 aromatic carbocycles. The number of nitrogens with one attached hydrogen (secondary N) is 11. The van der Waals surface area contributed by atoms with Crippen LogP contribution in [0.4, 0.5) is 5.69 Å². The van der Waals surface area contributed by atoms with Crippen molar-refractivity contribution in [2.24, 2.45) is 17.4 Å². The topological polar surface area (TPSA) is 622 Å². The number of aromatic nitrogens is 1. The van der Waals surface area contributed by atoms with E-state index in [-0.39, 0.29) is 36.4 Å². The Hall–Kier alpha value is -12.4. The van der Waals surface area contributed by atoms with Crippen molar-refractivity contribution in [1.29, 1.82) is 0 Å². The number of phenols is 3. The summed E-state index contributed by atoms with van der Waals surface area (Å²) >= 11 is 20.4. The number of nitrogens with two attached hydrogens (primary N) is 2. The van der Waals surface area contributed by atoms with Gasteiger partial charge in [-0.2, -0.15) is 0 Å². The number of amides is 11. The molecule has 2 fully saturated rings. The van der Waals surface area contributed by atoms with Crippen LogP contribution in [0, 0.1) is 5.92 Å². The Morgan fingerprint density at radius 3 is 1.97 bits per heavy atom. The van der Waals surface area contributed by atoms with Gasteiger partial charge in [0.2, 0.25) is 59.3 Å². The summed E-state index contributed by atoms with van der Waals surface area (Å²) < 4.78 is 39.5. The number of hydrogen-bond donors (Lipinski definition) is 22. The molecule has 7 aliphatic rings. The Labute approximate surface area is 731 Å². The van der Waals surface area contributed by atoms with Gasteiger partial charge in [0.1, 0.15) is 95.5 Å². The molecular formula is C83H89Cl3N14O26. The van der Waals surface area contributed by atoms with Crippen molar-refractivity contribution in [1.82, 2.24) is 58.4 Å². The molecule has 14 rings (SSSR count). The van der Waals surface area contributed by atoms with Gasteiger partial charge in [-0.3, -0.25) is 68.6 Å². The van der Waals surface area contributed by atoms with Crippen LogP contribution in [0.15, 0.2) is 128 Å². The number of nitrogens with zero attached hydrogens (tertiary/aromatic N) is 1. The minimum atomic E-state index is -2.43. The van der Waals surface area contributed by atoms with E-state index in [2.05, 4.69) is 52.8 Å². The summed E-state index contributed by atoms with van der Waals surface area (Å²) in [5.74, 6) is -20.2. The molecule has 0 aliphatic carbocycles. The van der Waals surface area contributed by atoms with Gasteiger partial charge >= 0.3 is 11.8 Å². The van der Waals surface area contributed by atoms with Gasteiger partial charge in [-0.1, -0.05) is 79.0 Å². The predicted molar refractivity (Wildman–Crippen MR) is 443 cm³/mol. The number of anilines is 1. The Morgan fingerprint density at radius 2 is 1.33 bits per heavy atom. The zero-order chi connectivity index (χ0) is 91.2. The van der Waals surface area contributed by atoms with Gasteiger partial charge in [-0.25, -0.2) is 0 Å². The third-order valence-electron chi connectivity index (χ3n) is 21.3. The predicted octanol–water partition coefficient (Wildman–Crippen LogP) is 1.19. The van der Waals surface area contributed by atoms with Gasteiger partial charge in [0.15, 0.2) is 23.9 Å². The number of aromatic hydroxyl groups is 3. The number of aliphatic hydroxyl groups is 6. The fraction of sp³-hybridized carbons (Fsp3) is 0.349. The number of hydrazine groups is 1. The van der Waals surface area contributed by atoms with Crippen molar-refractivity contribution in [3.8, 4) is 57.1 Å². The molecule has 1 aromatic heterocycles. The molecule has 126 heavy (non-hydrogen) atoms. The van der Waals surface area contributed by atoms with Crippen molar-refractivity contribution in [2.45, 2.75) is 163 Å². The highest BCUT2D eigenvalue weighted by atomic mass is 35.5. The Morgan fingerprint density at radius 1 is 0.690 bits per heavy atom. The summed E-state index contributed by atoms with van der Waals surface area (Å²) in [5, 5.41) is 130. The van der Waals surface area contributed by atoms with Crippen LogP contribution in [-0.2, 0) is 73.5 Å². The lowest BCUT2D eigenvalue weighted by atomic mass is 9.84. The van der Waals surface area contributed by atoms with Gasteiger partial charge in [0.05, 0.1) is 53.2 Å². The number of carbonyl (C=O) groups excluding carboxylic acids is 11. The van der Waals surface area contributed by atoms with Crippen LogP contribution in [0.2, 0.25) is 15.1 Å².